The molecule has 0 aliphatic rings. The van der Waals surface area contributed by atoms with Gasteiger partial charge in [0.2, 0.25) is 15.9 Å². The molecule has 0 spiro atoms. The van der Waals surface area contributed by atoms with Gasteiger partial charge in [0.25, 0.3) is 0 Å². The van der Waals surface area contributed by atoms with Crippen molar-refractivity contribution in [1.82, 2.24) is 5.32 Å². The molecule has 7 heteroatoms. The van der Waals surface area contributed by atoms with Crippen LogP contribution in [-0.4, -0.2) is 26.6 Å². The zero-order valence-electron chi connectivity index (χ0n) is 13.7. The smallest absolute Gasteiger partial charge is 0.234 e. The summed E-state index contributed by atoms with van der Waals surface area (Å²) in [5.41, 5.74) is 1.63. The maximum atomic E-state index is 11.9. The van der Waals surface area contributed by atoms with Crippen LogP contribution >= 0.6 is 11.6 Å². The van der Waals surface area contributed by atoms with E-state index in [2.05, 4.69) is 10.0 Å². The largest absolute Gasteiger partial charge is 0.355 e. The Kier molecular flexibility index (Phi) is 7.28. The molecular formula is C18H21ClN2O3S. The Labute approximate surface area is 153 Å². The molecule has 2 aromatic carbocycles. The van der Waals surface area contributed by atoms with Crippen LogP contribution in [0.15, 0.2) is 54.6 Å². The van der Waals surface area contributed by atoms with Gasteiger partial charge >= 0.3 is 0 Å². The van der Waals surface area contributed by atoms with E-state index in [0.717, 1.165) is 12.0 Å². The topological polar surface area (TPSA) is 75.3 Å². The summed E-state index contributed by atoms with van der Waals surface area (Å²) < 4.78 is 26.3. The lowest BCUT2D eigenvalue weighted by Crippen LogP contribution is -2.31. The Morgan fingerprint density at radius 2 is 1.68 bits per heavy atom. The first-order valence-corrected chi connectivity index (χ1v) is 10.0. The highest BCUT2D eigenvalue weighted by atomic mass is 35.5. The third-order valence-corrected chi connectivity index (χ3v) is 5.06. The fraction of sp³-hybridized carbons (Fsp3) is 0.278. The molecule has 2 N–H and O–H groups in total. The molecule has 0 saturated heterocycles. The van der Waals surface area contributed by atoms with Crippen molar-refractivity contribution in [2.24, 2.45) is 0 Å². The molecular weight excluding hydrogens is 360 g/mol. The van der Waals surface area contributed by atoms with Gasteiger partial charge in [0.15, 0.2) is 0 Å². The molecule has 0 fully saturated rings. The molecule has 1 amide bonds. The molecule has 0 aliphatic heterocycles. The summed E-state index contributed by atoms with van der Waals surface area (Å²) in [6.45, 7) is 0.0853. The zero-order valence-corrected chi connectivity index (χ0v) is 15.3. The second-order valence-electron chi connectivity index (χ2n) is 5.62. The zero-order chi connectivity index (χ0) is 18.1. The van der Waals surface area contributed by atoms with Gasteiger partial charge in [-0.1, -0.05) is 41.9 Å². The number of rotatable bonds is 9. The van der Waals surface area contributed by atoms with Crippen LogP contribution in [0.25, 0.3) is 0 Å². The number of carbonyl (C=O) groups is 1. The van der Waals surface area contributed by atoms with Crippen LogP contribution in [0, 0.1) is 0 Å². The van der Waals surface area contributed by atoms with Crippen LogP contribution in [0.4, 0.5) is 5.69 Å². The standard InChI is InChI=1S/C18H21ClN2O3S/c19-16-11-9-15(10-12-16)5-4-8-18(22)20-13-14-25(23,24)21-17-6-2-1-3-7-17/h1-3,6-7,9-12,21H,4-5,8,13-14H2,(H,20,22). The Morgan fingerprint density at radius 1 is 1.00 bits per heavy atom. The first-order chi connectivity index (χ1) is 11.9. The molecule has 0 atom stereocenters. The molecule has 0 aromatic heterocycles. The highest BCUT2D eigenvalue weighted by Gasteiger charge is 2.11. The summed E-state index contributed by atoms with van der Waals surface area (Å²) in [5, 5.41) is 3.33. The predicted octanol–water partition coefficient (Wildman–Crippen LogP) is 3.22. The van der Waals surface area contributed by atoms with E-state index in [1.54, 1.807) is 24.3 Å². The minimum Gasteiger partial charge on any atom is -0.355 e. The van der Waals surface area contributed by atoms with Gasteiger partial charge in [-0.2, -0.15) is 0 Å². The second kappa shape index (κ2) is 9.44. The Hall–Kier alpha value is -2.05. The van der Waals surface area contributed by atoms with Crippen LogP contribution in [0.2, 0.25) is 5.02 Å². The van der Waals surface area contributed by atoms with Gasteiger partial charge in [0.1, 0.15) is 0 Å². The molecule has 0 saturated carbocycles. The molecule has 0 aliphatic carbocycles. The summed E-state index contributed by atoms with van der Waals surface area (Å²) in [4.78, 5) is 11.8. The van der Waals surface area contributed by atoms with Crippen LogP contribution in [0.1, 0.15) is 18.4 Å². The number of para-hydroxylation sites is 1. The normalized spacial score (nSPS) is 11.1. The number of halogens is 1. The maximum absolute atomic E-state index is 11.9. The van der Waals surface area contributed by atoms with E-state index in [0.29, 0.717) is 23.6 Å². The number of carbonyl (C=O) groups excluding carboxylic acids is 1. The van der Waals surface area contributed by atoms with Crippen LogP contribution in [-0.2, 0) is 21.2 Å². The van der Waals surface area contributed by atoms with E-state index in [4.69, 9.17) is 11.6 Å². The molecule has 134 valence electrons. The van der Waals surface area contributed by atoms with Crippen molar-refractivity contribution < 1.29 is 13.2 Å². The Bertz CT molecular complexity index is 778. The van der Waals surface area contributed by atoms with Crippen molar-refractivity contribution in [2.45, 2.75) is 19.3 Å². The number of anilines is 1. The number of sulfonamides is 1. The van der Waals surface area contributed by atoms with Gasteiger partial charge in [0, 0.05) is 23.7 Å². The van der Waals surface area contributed by atoms with E-state index in [-0.39, 0.29) is 18.2 Å². The lowest BCUT2D eigenvalue weighted by Gasteiger charge is -2.09. The van der Waals surface area contributed by atoms with Crippen molar-refractivity contribution in [3.63, 3.8) is 0 Å². The van der Waals surface area contributed by atoms with Crippen LogP contribution < -0.4 is 10.0 Å². The fourth-order valence-corrected chi connectivity index (χ4v) is 3.35. The minimum atomic E-state index is -3.48. The van der Waals surface area contributed by atoms with E-state index in [1.807, 2.05) is 30.3 Å². The van der Waals surface area contributed by atoms with Gasteiger partial charge < -0.3 is 5.32 Å². The first kappa shape index (κ1) is 19.3. The Balaban J connectivity index is 1.65. The molecule has 2 aromatic rings. The summed E-state index contributed by atoms with van der Waals surface area (Å²) in [5.74, 6) is -0.311. The van der Waals surface area contributed by atoms with Gasteiger partial charge in [-0.25, -0.2) is 8.42 Å². The average molecular weight is 381 g/mol. The Morgan fingerprint density at radius 3 is 2.36 bits per heavy atom. The summed E-state index contributed by atoms with van der Waals surface area (Å²) in [7, 11) is -3.48. The highest BCUT2D eigenvalue weighted by molar-refractivity contribution is 7.92. The van der Waals surface area contributed by atoms with Crippen molar-refractivity contribution in [1.29, 1.82) is 0 Å². The predicted molar refractivity (Wildman–Crippen MR) is 101 cm³/mol. The summed E-state index contributed by atoms with van der Waals surface area (Å²) in [6, 6.07) is 16.2. The fourth-order valence-electron chi connectivity index (χ4n) is 2.25. The van der Waals surface area contributed by atoms with Crippen LogP contribution in [0.5, 0.6) is 0 Å². The monoisotopic (exact) mass is 380 g/mol. The van der Waals surface area contributed by atoms with Crippen molar-refractivity contribution in [3.05, 3.63) is 65.2 Å². The van der Waals surface area contributed by atoms with Crippen molar-refractivity contribution >= 4 is 33.2 Å². The number of aryl methyl sites for hydroxylation is 1. The molecule has 25 heavy (non-hydrogen) atoms. The maximum Gasteiger partial charge on any atom is 0.234 e. The molecule has 0 radical (unpaired) electrons. The second-order valence-corrected chi connectivity index (χ2v) is 7.90. The number of hydrogen-bond acceptors (Lipinski definition) is 3. The van der Waals surface area contributed by atoms with E-state index >= 15 is 0 Å². The van der Waals surface area contributed by atoms with Gasteiger partial charge in [-0.05, 0) is 42.7 Å². The average Bonchev–Trinajstić information content (AvgIpc) is 2.57. The molecule has 5 nitrogen and oxygen atoms in total. The van der Waals surface area contributed by atoms with Crippen molar-refractivity contribution in [2.75, 3.05) is 17.0 Å². The quantitative estimate of drug-likeness (QED) is 0.701. The first-order valence-electron chi connectivity index (χ1n) is 8.01. The minimum absolute atomic E-state index is 0.0853. The van der Waals surface area contributed by atoms with E-state index < -0.39 is 10.0 Å². The molecule has 0 bridgehead atoms. The molecule has 0 heterocycles. The summed E-state index contributed by atoms with van der Waals surface area (Å²) >= 11 is 5.82. The van der Waals surface area contributed by atoms with E-state index in [1.165, 1.54) is 0 Å². The van der Waals surface area contributed by atoms with Crippen LogP contribution in [0.3, 0.4) is 0 Å². The van der Waals surface area contributed by atoms with Gasteiger partial charge in [0.05, 0.1) is 5.75 Å². The lowest BCUT2D eigenvalue weighted by atomic mass is 10.1. The third kappa shape index (κ3) is 7.58. The SMILES string of the molecule is O=C(CCCc1ccc(Cl)cc1)NCCS(=O)(=O)Nc1ccccc1. The highest BCUT2D eigenvalue weighted by Crippen LogP contribution is 2.11. The summed E-state index contributed by atoms with van der Waals surface area (Å²) in [6.07, 6.45) is 1.83. The van der Waals surface area contributed by atoms with E-state index in [9.17, 15) is 13.2 Å². The van der Waals surface area contributed by atoms with Gasteiger partial charge in [-0.15, -0.1) is 0 Å². The molecule has 2 rings (SSSR count). The number of nitrogens with one attached hydrogen (secondary N) is 2. The third-order valence-electron chi connectivity index (χ3n) is 3.52. The lowest BCUT2D eigenvalue weighted by molar-refractivity contribution is -0.121. The molecule has 0 unspecified atom stereocenters. The number of benzene rings is 2. The number of hydrogen-bond donors (Lipinski definition) is 2. The number of amides is 1. The van der Waals surface area contributed by atoms with Gasteiger partial charge in [-0.3, -0.25) is 9.52 Å². The van der Waals surface area contributed by atoms with Crippen molar-refractivity contribution in [3.8, 4) is 0 Å².